The summed E-state index contributed by atoms with van der Waals surface area (Å²) < 4.78 is 5.61. The lowest BCUT2D eigenvalue weighted by Gasteiger charge is -2.48. The van der Waals surface area contributed by atoms with Gasteiger partial charge in [-0.25, -0.2) is 0 Å². The van der Waals surface area contributed by atoms with E-state index in [4.69, 9.17) is 4.74 Å². The average Bonchev–Trinajstić information content (AvgIpc) is 2.61. The topological polar surface area (TPSA) is 53.6 Å². The van der Waals surface area contributed by atoms with Gasteiger partial charge >= 0.3 is 0 Å². The molecule has 5 nitrogen and oxygen atoms in total. The van der Waals surface area contributed by atoms with Crippen LogP contribution < -0.4 is 10.6 Å². The van der Waals surface area contributed by atoms with Crippen molar-refractivity contribution in [2.75, 3.05) is 39.4 Å². The van der Waals surface area contributed by atoms with E-state index in [1.807, 2.05) is 0 Å². The highest BCUT2D eigenvalue weighted by Crippen LogP contribution is 2.30. The van der Waals surface area contributed by atoms with Crippen molar-refractivity contribution in [2.45, 2.75) is 63.5 Å². The third kappa shape index (κ3) is 4.84. The fourth-order valence-electron chi connectivity index (χ4n) is 4.49. The number of halogens is 1. The molecule has 3 heterocycles. The van der Waals surface area contributed by atoms with Gasteiger partial charge < -0.3 is 15.4 Å². The first-order valence-electron chi connectivity index (χ1n) is 9.53. The second-order valence-electron chi connectivity index (χ2n) is 7.68. The van der Waals surface area contributed by atoms with Crippen LogP contribution in [0, 0.1) is 5.92 Å². The van der Waals surface area contributed by atoms with Gasteiger partial charge in [-0.1, -0.05) is 6.42 Å². The Labute approximate surface area is 152 Å². The van der Waals surface area contributed by atoms with E-state index in [1.165, 1.54) is 32.4 Å². The van der Waals surface area contributed by atoms with Crippen molar-refractivity contribution in [3.63, 3.8) is 0 Å². The van der Waals surface area contributed by atoms with Crippen molar-refractivity contribution in [1.82, 2.24) is 15.5 Å². The molecule has 3 rings (SSSR count). The van der Waals surface area contributed by atoms with Gasteiger partial charge in [0.2, 0.25) is 5.91 Å². The second kappa shape index (κ2) is 9.37. The summed E-state index contributed by atoms with van der Waals surface area (Å²) in [7, 11) is 0. The minimum atomic E-state index is 0. The maximum atomic E-state index is 12.6. The number of carbonyl (C=O) groups is 1. The number of hydrogen-bond acceptors (Lipinski definition) is 4. The zero-order chi connectivity index (χ0) is 16.1. The van der Waals surface area contributed by atoms with Gasteiger partial charge in [0.1, 0.15) is 0 Å². The number of likely N-dealkylation sites (tertiary alicyclic amines) is 1. The average molecular weight is 360 g/mol. The molecule has 1 amide bonds. The first-order valence-corrected chi connectivity index (χ1v) is 9.53. The smallest absolute Gasteiger partial charge is 0.223 e. The van der Waals surface area contributed by atoms with Gasteiger partial charge in [0, 0.05) is 37.3 Å². The number of nitrogens with zero attached hydrogens (tertiary/aromatic N) is 1. The number of rotatable bonds is 4. The molecule has 0 aromatic rings. The number of amides is 1. The van der Waals surface area contributed by atoms with Crippen LogP contribution in [0.15, 0.2) is 0 Å². The maximum absolute atomic E-state index is 12.6. The molecule has 3 saturated heterocycles. The van der Waals surface area contributed by atoms with Crippen molar-refractivity contribution in [3.05, 3.63) is 0 Å². The quantitative estimate of drug-likeness (QED) is 0.805. The van der Waals surface area contributed by atoms with Gasteiger partial charge in [-0.05, 0) is 65.1 Å². The van der Waals surface area contributed by atoms with E-state index in [-0.39, 0.29) is 29.8 Å². The number of piperidine rings is 2. The van der Waals surface area contributed by atoms with Crippen LogP contribution >= 0.6 is 12.4 Å². The van der Waals surface area contributed by atoms with Gasteiger partial charge in [-0.3, -0.25) is 9.69 Å². The molecule has 2 N–H and O–H groups in total. The molecule has 0 radical (unpaired) electrons. The molecule has 0 aromatic carbocycles. The summed E-state index contributed by atoms with van der Waals surface area (Å²) in [6, 6.07) is 0.457. The molecule has 0 aromatic heterocycles. The number of ether oxygens (including phenoxy) is 1. The molecule has 6 heteroatoms. The Morgan fingerprint density at radius 1 is 1.25 bits per heavy atom. The molecule has 2 atom stereocenters. The number of hydrogen-bond donors (Lipinski definition) is 2. The molecule has 24 heavy (non-hydrogen) atoms. The summed E-state index contributed by atoms with van der Waals surface area (Å²) in [5, 5.41) is 6.74. The molecule has 0 bridgehead atoms. The fraction of sp³-hybridized carbons (Fsp3) is 0.944. The Kier molecular flexibility index (Phi) is 7.79. The second-order valence-corrected chi connectivity index (χ2v) is 7.68. The third-order valence-electron chi connectivity index (χ3n) is 6.04. The minimum Gasteiger partial charge on any atom is -0.381 e. The predicted octanol–water partition coefficient (Wildman–Crippen LogP) is 1.95. The Hall–Kier alpha value is -0.360. The molecular formula is C18H34ClN3O2. The van der Waals surface area contributed by atoms with E-state index < -0.39 is 0 Å². The Balaban J connectivity index is 0.00000208. The van der Waals surface area contributed by atoms with E-state index in [1.54, 1.807) is 0 Å². The SMILES string of the molecule is C[C@H]1C[C@@H](C(=O)NCC2(N3CCCCC3)CCOCC2)CCN1.Cl. The molecule has 0 spiro atoms. The first kappa shape index (κ1) is 20.0. The van der Waals surface area contributed by atoms with Crippen LogP contribution in [0.25, 0.3) is 0 Å². The summed E-state index contributed by atoms with van der Waals surface area (Å²) in [6.07, 6.45) is 7.97. The van der Waals surface area contributed by atoms with Crippen molar-refractivity contribution < 1.29 is 9.53 Å². The predicted molar refractivity (Wildman–Crippen MR) is 98.7 cm³/mol. The standard InChI is InChI=1S/C18H33N3O2.ClH/c1-15-13-16(5-8-19-15)17(22)20-14-18(6-11-23-12-7-18)21-9-3-2-4-10-21;/h15-16,19H,2-14H2,1H3,(H,20,22);1H/t15-,16-;/m0./s1. The lowest BCUT2D eigenvalue weighted by Crippen LogP contribution is -2.60. The van der Waals surface area contributed by atoms with E-state index in [2.05, 4.69) is 22.5 Å². The molecule has 0 unspecified atom stereocenters. The van der Waals surface area contributed by atoms with Gasteiger partial charge in [-0.15, -0.1) is 12.4 Å². The number of nitrogens with one attached hydrogen (secondary N) is 2. The van der Waals surface area contributed by atoms with Gasteiger partial charge in [0.25, 0.3) is 0 Å². The van der Waals surface area contributed by atoms with Crippen LogP contribution in [-0.4, -0.2) is 61.8 Å². The normalized spacial score (nSPS) is 31.0. The number of carbonyl (C=O) groups excluding carboxylic acids is 1. The van der Waals surface area contributed by atoms with E-state index in [0.29, 0.717) is 6.04 Å². The van der Waals surface area contributed by atoms with Crippen LogP contribution in [-0.2, 0) is 9.53 Å². The lowest BCUT2D eigenvalue weighted by molar-refractivity contribution is -0.127. The van der Waals surface area contributed by atoms with Crippen molar-refractivity contribution in [3.8, 4) is 0 Å². The minimum absolute atomic E-state index is 0. The van der Waals surface area contributed by atoms with Crippen LogP contribution in [0.4, 0.5) is 0 Å². The highest BCUT2D eigenvalue weighted by molar-refractivity contribution is 5.85. The summed E-state index contributed by atoms with van der Waals surface area (Å²) in [4.78, 5) is 15.3. The van der Waals surface area contributed by atoms with Gasteiger partial charge in [0.05, 0.1) is 0 Å². The van der Waals surface area contributed by atoms with Crippen molar-refractivity contribution in [1.29, 1.82) is 0 Å². The maximum Gasteiger partial charge on any atom is 0.223 e. The van der Waals surface area contributed by atoms with E-state index >= 15 is 0 Å². The van der Waals surface area contributed by atoms with Crippen molar-refractivity contribution >= 4 is 18.3 Å². The van der Waals surface area contributed by atoms with Crippen LogP contribution in [0.5, 0.6) is 0 Å². The van der Waals surface area contributed by atoms with Crippen LogP contribution in [0.1, 0.15) is 51.9 Å². The van der Waals surface area contributed by atoms with Crippen molar-refractivity contribution in [2.24, 2.45) is 5.92 Å². The zero-order valence-electron chi connectivity index (χ0n) is 15.0. The monoisotopic (exact) mass is 359 g/mol. The molecule has 0 aliphatic carbocycles. The zero-order valence-corrected chi connectivity index (χ0v) is 15.8. The fourth-order valence-corrected chi connectivity index (χ4v) is 4.49. The molecule has 3 aliphatic heterocycles. The summed E-state index contributed by atoms with van der Waals surface area (Å²) in [5.41, 5.74) is 0.132. The largest absolute Gasteiger partial charge is 0.381 e. The van der Waals surface area contributed by atoms with Gasteiger partial charge in [0.15, 0.2) is 0 Å². The highest BCUT2D eigenvalue weighted by atomic mass is 35.5. The summed E-state index contributed by atoms with van der Waals surface area (Å²) >= 11 is 0. The highest BCUT2D eigenvalue weighted by Gasteiger charge is 2.39. The molecule has 0 saturated carbocycles. The lowest BCUT2D eigenvalue weighted by atomic mass is 9.85. The Morgan fingerprint density at radius 2 is 1.96 bits per heavy atom. The third-order valence-corrected chi connectivity index (χ3v) is 6.04. The van der Waals surface area contributed by atoms with Crippen LogP contribution in [0.3, 0.4) is 0 Å². The molecular weight excluding hydrogens is 326 g/mol. The summed E-state index contributed by atoms with van der Waals surface area (Å²) in [5.74, 6) is 0.450. The Morgan fingerprint density at radius 3 is 2.62 bits per heavy atom. The molecule has 140 valence electrons. The Bertz CT molecular complexity index is 396. The van der Waals surface area contributed by atoms with Crippen LogP contribution in [0.2, 0.25) is 0 Å². The summed E-state index contributed by atoms with van der Waals surface area (Å²) in [6.45, 7) is 7.96. The van der Waals surface area contributed by atoms with E-state index in [9.17, 15) is 4.79 Å². The molecule has 3 fully saturated rings. The first-order chi connectivity index (χ1) is 11.2. The molecule has 3 aliphatic rings. The van der Waals surface area contributed by atoms with Gasteiger partial charge in [-0.2, -0.15) is 0 Å². The van der Waals surface area contributed by atoms with E-state index in [0.717, 1.165) is 52.0 Å².